The minimum Gasteiger partial charge on any atom is -0.462 e. The summed E-state index contributed by atoms with van der Waals surface area (Å²) in [7, 11) is 0. The number of carbonyl (C=O) groups is 3. The van der Waals surface area contributed by atoms with Crippen LogP contribution in [0, 0.1) is 5.92 Å². The van der Waals surface area contributed by atoms with Gasteiger partial charge >= 0.3 is 17.9 Å². The Bertz CT molecular complexity index is 964. The largest absolute Gasteiger partial charge is 0.462 e. The topological polar surface area (TPSA) is 78.9 Å². The van der Waals surface area contributed by atoms with E-state index in [-0.39, 0.29) is 31.1 Å². The van der Waals surface area contributed by atoms with E-state index in [1.807, 2.05) is 0 Å². The highest BCUT2D eigenvalue weighted by molar-refractivity contribution is 5.71. The molecule has 0 N–H and O–H groups in total. The van der Waals surface area contributed by atoms with Crippen molar-refractivity contribution in [2.45, 2.75) is 336 Å². The third-order valence-corrected chi connectivity index (χ3v) is 13.3. The van der Waals surface area contributed by atoms with Gasteiger partial charge in [-0.15, -0.1) is 0 Å². The van der Waals surface area contributed by atoms with E-state index in [1.54, 1.807) is 0 Å². The molecule has 1 atom stereocenters. The Kier molecular flexibility index (Phi) is 51.1. The Balaban J connectivity index is 4.28. The van der Waals surface area contributed by atoms with Gasteiger partial charge in [0.25, 0.3) is 0 Å². The average molecular weight is 906 g/mol. The molecule has 0 heterocycles. The fraction of sp³-hybridized carbons (Fsp3) is 0.948. The molecule has 6 heteroatoms. The predicted molar refractivity (Wildman–Crippen MR) is 275 cm³/mol. The summed E-state index contributed by atoms with van der Waals surface area (Å²) in [5, 5.41) is 0. The zero-order valence-corrected chi connectivity index (χ0v) is 43.8. The second kappa shape index (κ2) is 52.4. The molecule has 0 saturated carbocycles. The van der Waals surface area contributed by atoms with Crippen molar-refractivity contribution in [3.63, 3.8) is 0 Å². The maximum absolute atomic E-state index is 12.8. The van der Waals surface area contributed by atoms with E-state index in [1.165, 1.54) is 225 Å². The Hall–Kier alpha value is -1.59. The fourth-order valence-electron chi connectivity index (χ4n) is 8.92. The smallest absolute Gasteiger partial charge is 0.306 e. The van der Waals surface area contributed by atoms with E-state index in [9.17, 15) is 14.4 Å². The van der Waals surface area contributed by atoms with Gasteiger partial charge in [-0.25, -0.2) is 0 Å². The van der Waals surface area contributed by atoms with Gasteiger partial charge in [-0.05, 0) is 25.2 Å². The van der Waals surface area contributed by atoms with Crippen molar-refractivity contribution in [2.24, 2.45) is 5.92 Å². The van der Waals surface area contributed by atoms with Gasteiger partial charge in [0, 0.05) is 19.3 Å². The van der Waals surface area contributed by atoms with Crippen LogP contribution >= 0.6 is 0 Å². The summed E-state index contributed by atoms with van der Waals surface area (Å²) in [6.07, 6.45) is 56.6. The average Bonchev–Trinajstić information content (AvgIpc) is 3.28. The van der Waals surface area contributed by atoms with Crippen LogP contribution in [0.2, 0.25) is 0 Å². The second-order valence-corrected chi connectivity index (χ2v) is 20.4. The molecule has 0 bridgehead atoms. The molecule has 0 aliphatic carbocycles. The summed E-state index contributed by atoms with van der Waals surface area (Å²) in [5.74, 6) is 0.00386. The first-order valence-electron chi connectivity index (χ1n) is 28.9. The lowest BCUT2D eigenvalue weighted by Gasteiger charge is -2.18. The Morgan fingerprint density at radius 2 is 0.516 bits per heavy atom. The van der Waals surface area contributed by atoms with Crippen LogP contribution in [-0.2, 0) is 28.6 Å². The van der Waals surface area contributed by atoms with E-state index in [4.69, 9.17) is 14.2 Å². The molecule has 0 fully saturated rings. The molecular formula is C58H112O6. The van der Waals surface area contributed by atoms with Crippen molar-refractivity contribution in [3.8, 4) is 0 Å². The first kappa shape index (κ1) is 62.4. The highest BCUT2D eigenvalue weighted by Gasteiger charge is 2.19. The molecule has 0 saturated heterocycles. The molecule has 380 valence electrons. The first-order chi connectivity index (χ1) is 31.4. The number of carbonyl (C=O) groups excluding carboxylic acids is 3. The van der Waals surface area contributed by atoms with E-state index < -0.39 is 6.10 Å². The zero-order valence-electron chi connectivity index (χ0n) is 43.8. The molecule has 0 aromatic rings. The highest BCUT2D eigenvalue weighted by Crippen LogP contribution is 2.18. The standard InChI is InChI=1S/C58H112O6/c1-5-7-9-11-13-15-17-19-20-21-22-23-26-31-35-39-43-47-51-58(61)64-55(52-62-56(59)49-45-41-37-33-29-18-16-14-12-10-8-6-2)53-63-57(60)50-46-42-38-34-30-27-24-25-28-32-36-40-44-48-54(3)4/h54-55H,5-53H2,1-4H3/t55-/m0/s1. The third-order valence-electron chi connectivity index (χ3n) is 13.3. The van der Waals surface area contributed by atoms with Crippen molar-refractivity contribution in [3.05, 3.63) is 0 Å². The molecule has 64 heavy (non-hydrogen) atoms. The summed E-state index contributed by atoms with van der Waals surface area (Å²) in [6, 6.07) is 0. The van der Waals surface area contributed by atoms with Crippen LogP contribution < -0.4 is 0 Å². The number of unbranched alkanes of at least 4 members (excludes halogenated alkanes) is 40. The van der Waals surface area contributed by atoms with Gasteiger partial charge in [-0.1, -0.05) is 291 Å². The maximum Gasteiger partial charge on any atom is 0.306 e. The Labute approximate surface area is 399 Å². The number of rotatable bonds is 53. The van der Waals surface area contributed by atoms with Gasteiger partial charge in [-0.2, -0.15) is 0 Å². The number of ether oxygens (including phenoxy) is 3. The first-order valence-corrected chi connectivity index (χ1v) is 28.9. The van der Waals surface area contributed by atoms with Crippen LogP contribution in [0.25, 0.3) is 0 Å². The minimum atomic E-state index is -0.761. The Morgan fingerprint density at radius 3 is 0.766 bits per heavy atom. The van der Waals surface area contributed by atoms with E-state index in [0.717, 1.165) is 63.7 Å². The van der Waals surface area contributed by atoms with Crippen LogP contribution in [0.4, 0.5) is 0 Å². The van der Waals surface area contributed by atoms with Gasteiger partial charge in [0.05, 0.1) is 0 Å². The van der Waals surface area contributed by atoms with Gasteiger partial charge < -0.3 is 14.2 Å². The third kappa shape index (κ3) is 51.4. The van der Waals surface area contributed by atoms with Crippen molar-refractivity contribution < 1.29 is 28.6 Å². The molecule has 6 nitrogen and oxygen atoms in total. The lowest BCUT2D eigenvalue weighted by atomic mass is 10.0. The van der Waals surface area contributed by atoms with Crippen molar-refractivity contribution in [1.29, 1.82) is 0 Å². The SMILES string of the molecule is CCCCCCCCCCCCCCCCCCCCC(=O)O[C@@H](COC(=O)CCCCCCCCCCCCCC)COC(=O)CCCCCCCCCCCCCCCC(C)C. The van der Waals surface area contributed by atoms with Crippen molar-refractivity contribution >= 4 is 17.9 Å². The monoisotopic (exact) mass is 905 g/mol. The number of hydrogen-bond acceptors (Lipinski definition) is 6. The molecule has 0 aromatic carbocycles. The van der Waals surface area contributed by atoms with Gasteiger partial charge in [0.2, 0.25) is 0 Å². The number of hydrogen-bond donors (Lipinski definition) is 0. The van der Waals surface area contributed by atoms with E-state index >= 15 is 0 Å². The van der Waals surface area contributed by atoms with Crippen LogP contribution in [-0.4, -0.2) is 37.2 Å². The van der Waals surface area contributed by atoms with Gasteiger partial charge in [0.15, 0.2) is 6.10 Å². The van der Waals surface area contributed by atoms with Gasteiger partial charge in [0.1, 0.15) is 13.2 Å². The van der Waals surface area contributed by atoms with Crippen LogP contribution in [0.3, 0.4) is 0 Å². The summed E-state index contributed by atoms with van der Waals surface area (Å²) in [6.45, 7) is 9.06. The molecule has 0 radical (unpaired) electrons. The summed E-state index contributed by atoms with van der Waals surface area (Å²) >= 11 is 0. The summed E-state index contributed by atoms with van der Waals surface area (Å²) < 4.78 is 16.9. The number of esters is 3. The van der Waals surface area contributed by atoms with Gasteiger partial charge in [-0.3, -0.25) is 14.4 Å². The molecule has 0 unspecified atom stereocenters. The molecule has 0 spiro atoms. The molecule has 0 aromatic heterocycles. The Morgan fingerprint density at radius 1 is 0.297 bits per heavy atom. The molecule has 0 aliphatic heterocycles. The highest BCUT2D eigenvalue weighted by atomic mass is 16.6. The predicted octanol–water partition coefficient (Wildman–Crippen LogP) is 19.0. The van der Waals surface area contributed by atoms with Crippen LogP contribution in [0.5, 0.6) is 0 Å². The normalized spacial score (nSPS) is 12.0. The maximum atomic E-state index is 12.8. The minimum absolute atomic E-state index is 0.0620. The molecule has 0 aliphatic rings. The molecule has 0 rings (SSSR count). The summed E-state index contributed by atoms with van der Waals surface area (Å²) in [5.41, 5.74) is 0. The van der Waals surface area contributed by atoms with Crippen LogP contribution in [0.15, 0.2) is 0 Å². The van der Waals surface area contributed by atoms with Crippen molar-refractivity contribution in [2.75, 3.05) is 13.2 Å². The quantitative estimate of drug-likeness (QED) is 0.0344. The zero-order chi connectivity index (χ0) is 46.7. The van der Waals surface area contributed by atoms with E-state index in [2.05, 4.69) is 27.7 Å². The second-order valence-electron chi connectivity index (χ2n) is 20.4. The van der Waals surface area contributed by atoms with Crippen LogP contribution in [0.1, 0.15) is 329 Å². The lowest BCUT2D eigenvalue weighted by molar-refractivity contribution is -0.167. The molecular weight excluding hydrogens is 793 g/mol. The van der Waals surface area contributed by atoms with Crippen molar-refractivity contribution in [1.82, 2.24) is 0 Å². The summed E-state index contributed by atoms with van der Waals surface area (Å²) in [4.78, 5) is 38.1. The lowest BCUT2D eigenvalue weighted by Crippen LogP contribution is -2.30. The fourth-order valence-corrected chi connectivity index (χ4v) is 8.92. The molecule has 0 amide bonds. The van der Waals surface area contributed by atoms with E-state index in [0.29, 0.717) is 19.3 Å².